The van der Waals surface area contributed by atoms with Gasteiger partial charge >= 0.3 is 0 Å². The van der Waals surface area contributed by atoms with Crippen molar-refractivity contribution in [2.75, 3.05) is 0 Å². The van der Waals surface area contributed by atoms with E-state index in [4.69, 9.17) is 9.15 Å². The van der Waals surface area contributed by atoms with Gasteiger partial charge in [0.05, 0.1) is 22.9 Å². The summed E-state index contributed by atoms with van der Waals surface area (Å²) in [5.41, 5.74) is 4.61. The minimum atomic E-state index is -0.425. The number of rotatable bonds is 5. The van der Waals surface area contributed by atoms with Gasteiger partial charge < -0.3 is 13.7 Å². The van der Waals surface area contributed by atoms with Crippen molar-refractivity contribution in [1.82, 2.24) is 9.88 Å². The molecular weight excluding hydrogens is 428 g/mol. The summed E-state index contributed by atoms with van der Waals surface area (Å²) in [6.07, 6.45) is 3.42. The highest BCUT2D eigenvalue weighted by atomic mass is 16.5. The van der Waals surface area contributed by atoms with Crippen LogP contribution < -0.4 is 10.1 Å². The molecule has 0 spiro atoms. The summed E-state index contributed by atoms with van der Waals surface area (Å²) in [5, 5.41) is 4.11. The topological polar surface area (TPSA) is 73.5 Å². The number of aromatic nitrogens is 1. The molecule has 1 aliphatic heterocycles. The third-order valence-electron chi connectivity index (χ3n) is 6.16. The molecule has 3 heterocycles. The molecule has 166 valence electrons. The standard InChI is InChI=1S/C28H20N2O4/c1-30-14-21(19-12-11-18(13-23(19)30)33-15-17-7-3-2-4-8-17)25-26(28(32)29-27(25)31)22-16-34-24-10-6-5-9-20(22)24/h2-14,16H,15H2,1H3,(H,29,31,32). The maximum Gasteiger partial charge on any atom is 0.259 e. The highest BCUT2D eigenvalue weighted by Crippen LogP contribution is 2.39. The summed E-state index contributed by atoms with van der Waals surface area (Å²) in [4.78, 5) is 25.8. The number of carbonyl (C=O) groups excluding carboxylic acids is 2. The van der Waals surface area contributed by atoms with Crippen molar-refractivity contribution in [2.24, 2.45) is 7.05 Å². The lowest BCUT2D eigenvalue weighted by Crippen LogP contribution is -2.22. The second-order valence-corrected chi connectivity index (χ2v) is 8.29. The lowest BCUT2D eigenvalue weighted by molar-refractivity contribution is -0.122. The number of furan rings is 1. The first-order valence-corrected chi connectivity index (χ1v) is 10.9. The average molecular weight is 448 g/mol. The molecule has 1 N–H and O–H groups in total. The molecular formula is C28H20N2O4. The van der Waals surface area contributed by atoms with E-state index >= 15 is 0 Å². The second-order valence-electron chi connectivity index (χ2n) is 8.29. The van der Waals surface area contributed by atoms with Crippen molar-refractivity contribution in [2.45, 2.75) is 6.61 Å². The Morgan fingerprint density at radius 3 is 2.41 bits per heavy atom. The maximum atomic E-state index is 13.0. The Morgan fingerprint density at radius 1 is 0.853 bits per heavy atom. The van der Waals surface area contributed by atoms with Crippen LogP contribution in [0.2, 0.25) is 0 Å². The first-order valence-electron chi connectivity index (χ1n) is 10.9. The van der Waals surface area contributed by atoms with Gasteiger partial charge in [-0.25, -0.2) is 0 Å². The molecule has 1 aliphatic rings. The average Bonchev–Trinajstić information content (AvgIpc) is 3.51. The van der Waals surface area contributed by atoms with Gasteiger partial charge in [-0.3, -0.25) is 14.9 Å². The Labute approximate surface area is 195 Å². The maximum absolute atomic E-state index is 13.0. The Hall–Kier alpha value is -4.58. The monoisotopic (exact) mass is 448 g/mol. The van der Waals surface area contributed by atoms with Crippen LogP contribution in [0.1, 0.15) is 16.7 Å². The molecule has 0 atom stereocenters. The zero-order chi connectivity index (χ0) is 23.2. The Bertz CT molecular complexity index is 1620. The lowest BCUT2D eigenvalue weighted by Gasteiger charge is -2.07. The summed E-state index contributed by atoms with van der Waals surface area (Å²) in [6, 6.07) is 23.2. The molecule has 2 amide bonds. The fourth-order valence-corrected chi connectivity index (χ4v) is 4.53. The largest absolute Gasteiger partial charge is 0.489 e. The van der Waals surface area contributed by atoms with Crippen molar-refractivity contribution < 1.29 is 18.7 Å². The SMILES string of the molecule is Cn1cc(C2=C(c3coc4ccccc34)C(=O)NC2=O)c2ccc(OCc3ccccc3)cc21. The van der Waals surface area contributed by atoms with Crippen LogP contribution in [0, 0.1) is 0 Å². The van der Waals surface area contributed by atoms with Crippen LogP contribution in [0.15, 0.2) is 89.7 Å². The smallest absolute Gasteiger partial charge is 0.259 e. The third-order valence-corrected chi connectivity index (χ3v) is 6.16. The van der Waals surface area contributed by atoms with E-state index in [0.29, 0.717) is 34.5 Å². The molecule has 0 bridgehead atoms. The molecule has 6 heteroatoms. The van der Waals surface area contributed by atoms with E-state index in [9.17, 15) is 9.59 Å². The minimum Gasteiger partial charge on any atom is -0.489 e. The summed E-state index contributed by atoms with van der Waals surface area (Å²) >= 11 is 0. The van der Waals surface area contributed by atoms with Crippen LogP contribution in [0.25, 0.3) is 33.0 Å². The number of aryl methyl sites for hydroxylation is 1. The highest BCUT2D eigenvalue weighted by Gasteiger charge is 2.35. The first-order chi connectivity index (χ1) is 16.6. The number of nitrogens with one attached hydrogen (secondary N) is 1. The van der Waals surface area contributed by atoms with Gasteiger partial charge in [0, 0.05) is 41.2 Å². The summed E-state index contributed by atoms with van der Waals surface area (Å²) in [7, 11) is 1.91. The van der Waals surface area contributed by atoms with E-state index in [0.717, 1.165) is 27.6 Å². The van der Waals surface area contributed by atoms with Crippen LogP contribution >= 0.6 is 0 Å². The molecule has 0 saturated heterocycles. The number of ether oxygens (including phenoxy) is 1. The Kier molecular flexibility index (Phi) is 4.59. The molecule has 0 radical (unpaired) electrons. The molecule has 0 aliphatic carbocycles. The molecule has 3 aromatic carbocycles. The van der Waals surface area contributed by atoms with Crippen molar-refractivity contribution in [3.8, 4) is 5.75 Å². The summed E-state index contributed by atoms with van der Waals surface area (Å²) in [6.45, 7) is 0.462. The normalized spacial score (nSPS) is 13.8. The summed E-state index contributed by atoms with van der Waals surface area (Å²) < 4.78 is 13.6. The number of carbonyl (C=O) groups is 2. The highest BCUT2D eigenvalue weighted by molar-refractivity contribution is 6.50. The molecule has 2 aromatic heterocycles. The first kappa shape index (κ1) is 20.1. The van der Waals surface area contributed by atoms with Crippen LogP contribution in [-0.4, -0.2) is 16.4 Å². The van der Waals surface area contributed by atoms with Crippen LogP contribution in [-0.2, 0) is 23.2 Å². The molecule has 0 saturated carbocycles. The fraction of sp³-hybridized carbons (Fsp3) is 0.0714. The van der Waals surface area contributed by atoms with Gasteiger partial charge in [0.15, 0.2) is 0 Å². The van der Waals surface area contributed by atoms with Crippen LogP contribution in [0.5, 0.6) is 5.75 Å². The number of imide groups is 1. The van der Waals surface area contributed by atoms with Gasteiger partial charge in [0.25, 0.3) is 11.8 Å². The van der Waals surface area contributed by atoms with E-state index in [1.807, 2.05) is 90.6 Å². The minimum absolute atomic E-state index is 0.326. The van der Waals surface area contributed by atoms with E-state index in [1.54, 1.807) is 6.26 Å². The van der Waals surface area contributed by atoms with E-state index in [-0.39, 0.29) is 0 Å². The number of para-hydroxylation sites is 1. The zero-order valence-electron chi connectivity index (χ0n) is 18.4. The van der Waals surface area contributed by atoms with Crippen molar-refractivity contribution in [3.05, 3.63) is 102 Å². The van der Waals surface area contributed by atoms with E-state index in [2.05, 4.69) is 5.32 Å². The molecule has 0 fully saturated rings. The van der Waals surface area contributed by atoms with Gasteiger partial charge in [-0.1, -0.05) is 48.5 Å². The predicted molar refractivity (Wildman–Crippen MR) is 130 cm³/mol. The Balaban J connectivity index is 1.45. The third kappa shape index (κ3) is 3.19. The van der Waals surface area contributed by atoms with Gasteiger partial charge in [0.2, 0.25) is 0 Å². The van der Waals surface area contributed by atoms with E-state index in [1.165, 1.54) is 0 Å². The van der Waals surface area contributed by atoms with Crippen molar-refractivity contribution in [3.63, 3.8) is 0 Å². The predicted octanol–water partition coefficient (Wildman–Crippen LogP) is 5.07. The van der Waals surface area contributed by atoms with Gasteiger partial charge in [-0.15, -0.1) is 0 Å². The number of hydrogen-bond donors (Lipinski definition) is 1. The number of fused-ring (bicyclic) bond motifs is 2. The fourth-order valence-electron chi connectivity index (χ4n) is 4.53. The number of nitrogens with zero attached hydrogens (tertiary/aromatic N) is 1. The second kappa shape index (κ2) is 7.78. The molecule has 6 nitrogen and oxygen atoms in total. The Morgan fingerprint density at radius 2 is 1.59 bits per heavy atom. The quantitative estimate of drug-likeness (QED) is 0.381. The number of amides is 2. The molecule has 5 aromatic rings. The summed E-state index contributed by atoms with van der Waals surface area (Å²) in [5.74, 6) is -0.111. The van der Waals surface area contributed by atoms with Gasteiger partial charge in [-0.2, -0.15) is 0 Å². The van der Waals surface area contributed by atoms with E-state index < -0.39 is 11.8 Å². The molecule has 6 rings (SSSR count). The molecule has 0 unspecified atom stereocenters. The van der Waals surface area contributed by atoms with Crippen molar-refractivity contribution in [1.29, 1.82) is 0 Å². The number of hydrogen-bond acceptors (Lipinski definition) is 4. The van der Waals surface area contributed by atoms with Gasteiger partial charge in [-0.05, 0) is 23.8 Å². The van der Waals surface area contributed by atoms with Gasteiger partial charge in [0.1, 0.15) is 17.9 Å². The van der Waals surface area contributed by atoms with Crippen molar-refractivity contribution >= 4 is 44.8 Å². The van der Waals surface area contributed by atoms with Crippen LogP contribution in [0.3, 0.4) is 0 Å². The van der Waals surface area contributed by atoms with Crippen LogP contribution in [0.4, 0.5) is 0 Å². The lowest BCUT2D eigenvalue weighted by atomic mass is 9.95. The molecule has 34 heavy (non-hydrogen) atoms. The number of benzene rings is 3. The zero-order valence-corrected chi connectivity index (χ0v) is 18.4.